The van der Waals surface area contributed by atoms with E-state index in [9.17, 15) is 4.79 Å². The van der Waals surface area contributed by atoms with Crippen LogP contribution in [0.25, 0.3) is 0 Å². The number of carbonyl (C=O) groups excluding carboxylic acids is 1. The van der Waals surface area contributed by atoms with Crippen molar-refractivity contribution in [1.29, 1.82) is 0 Å². The maximum absolute atomic E-state index is 11.7. The second-order valence-corrected chi connectivity index (χ2v) is 5.32. The van der Waals surface area contributed by atoms with Crippen molar-refractivity contribution < 1.29 is 4.79 Å². The van der Waals surface area contributed by atoms with Gasteiger partial charge in [-0.2, -0.15) is 0 Å². The lowest BCUT2D eigenvalue weighted by Gasteiger charge is -2.38. The second kappa shape index (κ2) is 4.12. The lowest BCUT2D eigenvalue weighted by atomic mass is 9.78. The van der Waals surface area contributed by atoms with E-state index in [4.69, 9.17) is 17.3 Å². The molecule has 82 valence electrons. The molecule has 15 heavy (non-hydrogen) atoms. The van der Waals surface area contributed by atoms with E-state index in [-0.39, 0.29) is 11.4 Å². The van der Waals surface area contributed by atoms with Crippen LogP contribution in [0.1, 0.15) is 28.9 Å². The van der Waals surface area contributed by atoms with Crippen molar-refractivity contribution in [1.82, 2.24) is 5.32 Å². The van der Waals surface area contributed by atoms with Gasteiger partial charge in [-0.3, -0.25) is 4.79 Å². The predicted molar refractivity (Wildman–Crippen MR) is 62.4 cm³/mol. The van der Waals surface area contributed by atoms with Gasteiger partial charge in [-0.15, -0.1) is 11.3 Å². The standard InChI is InChI=1S/C10H13ClN2OS/c11-7-2-5-15-8(7)9(14)13-6-10(12)3-1-4-10/h2,5H,1,3-4,6,12H2,(H,13,14). The Morgan fingerprint density at radius 1 is 1.67 bits per heavy atom. The molecule has 0 bridgehead atoms. The van der Waals surface area contributed by atoms with E-state index >= 15 is 0 Å². The summed E-state index contributed by atoms with van der Waals surface area (Å²) in [6.45, 7) is 0.542. The smallest absolute Gasteiger partial charge is 0.262 e. The Labute approximate surface area is 97.6 Å². The molecule has 0 radical (unpaired) electrons. The number of rotatable bonds is 3. The highest BCUT2D eigenvalue weighted by Crippen LogP contribution is 2.28. The Morgan fingerprint density at radius 2 is 2.40 bits per heavy atom. The topological polar surface area (TPSA) is 55.1 Å². The van der Waals surface area contributed by atoms with Gasteiger partial charge in [0.1, 0.15) is 4.88 Å². The zero-order valence-electron chi connectivity index (χ0n) is 8.25. The molecule has 3 N–H and O–H groups in total. The van der Waals surface area contributed by atoms with Crippen molar-refractivity contribution in [2.24, 2.45) is 5.73 Å². The van der Waals surface area contributed by atoms with Gasteiger partial charge < -0.3 is 11.1 Å². The molecule has 1 aromatic rings. The third kappa shape index (κ3) is 2.33. The molecular formula is C10H13ClN2OS. The zero-order chi connectivity index (χ0) is 10.9. The van der Waals surface area contributed by atoms with Crippen LogP contribution in [-0.2, 0) is 0 Å². The van der Waals surface area contributed by atoms with Gasteiger partial charge >= 0.3 is 0 Å². The molecule has 1 aliphatic carbocycles. The van der Waals surface area contributed by atoms with Gasteiger partial charge in [0.05, 0.1) is 5.02 Å². The van der Waals surface area contributed by atoms with Crippen LogP contribution in [0.4, 0.5) is 0 Å². The van der Waals surface area contributed by atoms with E-state index in [1.165, 1.54) is 11.3 Å². The quantitative estimate of drug-likeness (QED) is 0.855. The zero-order valence-corrected chi connectivity index (χ0v) is 9.83. The predicted octanol–water partition coefficient (Wildman–Crippen LogP) is 2.01. The summed E-state index contributed by atoms with van der Waals surface area (Å²) in [5, 5.41) is 5.15. The average molecular weight is 245 g/mol. The highest BCUT2D eigenvalue weighted by Gasteiger charge is 2.32. The molecule has 0 saturated heterocycles. The average Bonchev–Trinajstić information content (AvgIpc) is 2.58. The number of nitrogens with two attached hydrogens (primary N) is 1. The number of nitrogens with one attached hydrogen (secondary N) is 1. The molecule has 1 aromatic heterocycles. The summed E-state index contributed by atoms with van der Waals surface area (Å²) in [6, 6.07) is 1.72. The molecule has 1 saturated carbocycles. The monoisotopic (exact) mass is 244 g/mol. The molecule has 5 heteroatoms. The summed E-state index contributed by atoms with van der Waals surface area (Å²) in [5.41, 5.74) is 5.82. The number of thiophene rings is 1. The molecule has 0 unspecified atom stereocenters. The number of hydrogen-bond donors (Lipinski definition) is 2. The van der Waals surface area contributed by atoms with Crippen molar-refractivity contribution in [2.75, 3.05) is 6.54 Å². The van der Waals surface area contributed by atoms with Gasteiger partial charge in [0.2, 0.25) is 0 Å². The Kier molecular flexibility index (Phi) is 3.00. The van der Waals surface area contributed by atoms with Crippen LogP contribution in [0.5, 0.6) is 0 Å². The first-order chi connectivity index (χ1) is 7.11. The maximum Gasteiger partial charge on any atom is 0.262 e. The van der Waals surface area contributed by atoms with Crippen molar-refractivity contribution >= 4 is 28.8 Å². The first-order valence-corrected chi connectivity index (χ1v) is 6.17. The minimum Gasteiger partial charge on any atom is -0.349 e. The van der Waals surface area contributed by atoms with E-state index in [0.717, 1.165) is 19.3 Å². The molecule has 0 spiro atoms. The molecule has 3 nitrogen and oxygen atoms in total. The Hall–Kier alpha value is -0.580. The third-order valence-electron chi connectivity index (χ3n) is 2.77. The third-order valence-corrected chi connectivity index (χ3v) is 4.11. The molecule has 2 rings (SSSR count). The molecule has 1 aliphatic rings. The first-order valence-electron chi connectivity index (χ1n) is 4.91. The van der Waals surface area contributed by atoms with Gasteiger partial charge in [-0.1, -0.05) is 11.6 Å². The largest absolute Gasteiger partial charge is 0.349 e. The van der Waals surface area contributed by atoms with Gasteiger partial charge in [0.15, 0.2) is 0 Å². The number of hydrogen-bond acceptors (Lipinski definition) is 3. The van der Waals surface area contributed by atoms with Crippen LogP contribution in [-0.4, -0.2) is 18.0 Å². The lowest BCUT2D eigenvalue weighted by molar-refractivity contribution is 0.0934. The fraction of sp³-hybridized carbons (Fsp3) is 0.500. The molecule has 0 aliphatic heterocycles. The normalized spacial score (nSPS) is 18.3. The Bertz CT molecular complexity index is 373. The number of halogens is 1. The summed E-state index contributed by atoms with van der Waals surface area (Å²) in [6.07, 6.45) is 3.14. The molecule has 0 atom stereocenters. The van der Waals surface area contributed by atoms with Gasteiger partial charge in [0, 0.05) is 12.1 Å². The van der Waals surface area contributed by atoms with Gasteiger partial charge in [-0.05, 0) is 30.7 Å². The summed E-state index contributed by atoms with van der Waals surface area (Å²) >= 11 is 7.20. The number of amides is 1. The van der Waals surface area contributed by atoms with E-state index in [1.807, 2.05) is 0 Å². The highest BCUT2D eigenvalue weighted by molar-refractivity contribution is 7.12. The van der Waals surface area contributed by atoms with Crippen LogP contribution in [0.3, 0.4) is 0 Å². The van der Waals surface area contributed by atoms with Gasteiger partial charge in [0.25, 0.3) is 5.91 Å². The molecule has 1 heterocycles. The summed E-state index contributed by atoms with van der Waals surface area (Å²) in [5.74, 6) is -0.119. The van der Waals surface area contributed by atoms with Crippen LogP contribution in [0.15, 0.2) is 11.4 Å². The molecule has 1 fully saturated rings. The molecular weight excluding hydrogens is 232 g/mol. The van der Waals surface area contributed by atoms with Crippen LogP contribution in [0, 0.1) is 0 Å². The van der Waals surface area contributed by atoms with Crippen molar-refractivity contribution in [3.05, 3.63) is 21.3 Å². The SMILES string of the molecule is NC1(CNC(=O)c2sccc2Cl)CCC1. The number of carbonyl (C=O) groups is 1. The minimum atomic E-state index is -0.181. The van der Waals surface area contributed by atoms with Crippen LogP contribution < -0.4 is 11.1 Å². The highest BCUT2D eigenvalue weighted by atomic mass is 35.5. The minimum absolute atomic E-state index is 0.119. The summed E-state index contributed by atoms with van der Waals surface area (Å²) in [7, 11) is 0. The molecule has 0 aromatic carbocycles. The second-order valence-electron chi connectivity index (χ2n) is 4.00. The van der Waals surface area contributed by atoms with Crippen LogP contribution >= 0.6 is 22.9 Å². The van der Waals surface area contributed by atoms with Crippen LogP contribution in [0.2, 0.25) is 5.02 Å². The molecule has 1 amide bonds. The van der Waals surface area contributed by atoms with E-state index in [0.29, 0.717) is 16.4 Å². The van der Waals surface area contributed by atoms with Crippen molar-refractivity contribution in [3.8, 4) is 0 Å². The fourth-order valence-corrected chi connectivity index (χ4v) is 2.66. The summed E-state index contributed by atoms with van der Waals surface area (Å²) in [4.78, 5) is 12.2. The van der Waals surface area contributed by atoms with Gasteiger partial charge in [-0.25, -0.2) is 0 Å². The van der Waals surface area contributed by atoms with Crippen molar-refractivity contribution in [2.45, 2.75) is 24.8 Å². The van der Waals surface area contributed by atoms with E-state index < -0.39 is 0 Å². The van der Waals surface area contributed by atoms with E-state index in [1.54, 1.807) is 11.4 Å². The first kappa shape index (κ1) is 10.9. The van der Waals surface area contributed by atoms with Crippen molar-refractivity contribution in [3.63, 3.8) is 0 Å². The fourth-order valence-electron chi connectivity index (χ4n) is 1.60. The lowest BCUT2D eigenvalue weighted by Crippen LogP contribution is -2.54. The Morgan fingerprint density at radius 3 is 2.87 bits per heavy atom. The maximum atomic E-state index is 11.7. The van der Waals surface area contributed by atoms with E-state index in [2.05, 4.69) is 5.32 Å². The Balaban J connectivity index is 1.90. The summed E-state index contributed by atoms with van der Waals surface area (Å²) < 4.78 is 0.